The molecule has 31 heavy (non-hydrogen) atoms. The monoisotopic (exact) mass is 447 g/mol. The number of thiazole rings is 1. The molecule has 0 aliphatic heterocycles. The highest BCUT2D eigenvalue weighted by atomic mass is 32.1. The van der Waals surface area contributed by atoms with Crippen LogP contribution in [-0.4, -0.2) is 32.0 Å². The lowest BCUT2D eigenvalue weighted by atomic mass is 10.1. The van der Waals surface area contributed by atoms with E-state index in [-0.39, 0.29) is 17.5 Å². The maximum Gasteiger partial charge on any atom is 0.573 e. The van der Waals surface area contributed by atoms with Crippen LogP contribution < -0.4 is 10.1 Å². The van der Waals surface area contributed by atoms with Crippen molar-refractivity contribution in [2.24, 2.45) is 0 Å². The van der Waals surface area contributed by atoms with Gasteiger partial charge in [0.05, 0.1) is 24.7 Å². The topological polar surface area (TPSA) is 130 Å². The minimum absolute atomic E-state index is 0.120. The van der Waals surface area contributed by atoms with Crippen molar-refractivity contribution in [2.75, 3.05) is 0 Å². The van der Waals surface area contributed by atoms with Crippen LogP contribution in [0.4, 0.5) is 13.2 Å². The lowest BCUT2D eigenvalue weighted by Crippen LogP contribution is -2.29. The fourth-order valence-electron chi connectivity index (χ4n) is 2.63. The standard InChI is InChI=1S/C18H12F3N7O2S/c1-10(15-25-9-26-28(15)17-24-8-14(7-23)31-17)27-16(29)12-4-11(2-3-22)5-13(6-12)30-18(19,20)21/h4-6,8-10H,2H2,1H3,(H,27,29)/t10-/m0/s1. The lowest BCUT2D eigenvalue weighted by molar-refractivity contribution is -0.274. The molecule has 2 aromatic heterocycles. The van der Waals surface area contributed by atoms with E-state index in [0.717, 1.165) is 23.5 Å². The summed E-state index contributed by atoms with van der Waals surface area (Å²) in [6, 6.07) is 6.34. The van der Waals surface area contributed by atoms with E-state index in [1.165, 1.54) is 23.3 Å². The molecule has 1 aromatic carbocycles. The molecule has 0 saturated heterocycles. The normalized spacial score (nSPS) is 11.9. The largest absolute Gasteiger partial charge is 0.573 e. The molecular weight excluding hydrogens is 435 g/mol. The summed E-state index contributed by atoms with van der Waals surface area (Å²) in [5, 5.41) is 24.8. The SMILES string of the molecule is C[C@H](NC(=O)c1cc(CC#N)cc(OC(F)(F)F)c1)c1ncnn1-c1ncc(C#N)s1. The Bertz CT molecular complexity index is 1190. The molecule has 0 aliphatic carbocycles. The fourth-order valence-corrected chi connectivity index (χ4v) is 3.31. The first kappa shape index (κ1) is 21.7. The molecule has 3 rings (SSSR count). The van der Waals surface area contributed by atoms with Gasteiger partial charge in [-0.05, 0) is 30.7 Å². The highest BCUT2D eigenvalue weighted by Crippen LogP contribution is 2.26. The van der Waals surface area contributed by atoms with Crippen LogP contribution in [-0.2, 0) is 6.42 Å². The van der Waals surface area contributed by atoms with E-state index in [1.807, 2.05) is 12.1 Å². The van der Waals surface area contributed by atoms with Gasteiger partial charge in [-0.2, -0.15) is 20.3 Å². The molecule has 0 spiro atoms. The minimum atomic E-state index is -4.95. The zero-order valence-electron chi connectivity index (χ0n) is 15.7. The molecule has 9 nitrogen and oxygen atoms in total. The quantitative estimate of drug-likeness (QED) is 0.615. The second kappa shape index (κ2) is 8.81. The Hall–Kier alpha value is -3.97. The van der Waals surface area contributed by atoms with Gasteiger partial charge in [-0.15, -0.1) is 13.2 Å². The van der Waals surface area contributed by atoms with Gasteiger partial charge in [-0.3, -0.25) is 4.79 Å². The van der Waals surface area contributed by atoms with Gasteiger partial charge in [0.15, 0.2) is 5.82 Å². The molecule has 3 aromatic rings. The number of nitrogens with one attached hydrogen (secondary N) is 1. The Morgan fingerprint density at radius 2 is 2.10 bits per heavy atom. The van der Waals surface area contributed by atoms with Gasteiger partial charge in [-0.25, -0.2) is 9.97 Å². The summed E-state index contributed by atoms with van der Waals surface area (Å²) in [7, 11) is 0. The molecule has 0 fully saturated rings. The third-order valence-electron chi connectivity index (χ3n) is 3.84. The van der Waals surface area contributed by atoms with E-state index >= 15 is 0 Å². The molecule has 1 amide bonds. The predicted molar refractivity (Wildman–Crippen MR) is 100 cm³/mol. The third kappa shape index (κ3) is 5.34. The van der Waals surface area contributed by atoms with Crippen molar-refractivity contribution in [2.45, 2.75) is 25.7 Å². The molecule has 1 N–H and O–H groups in total. The molecule has 158 valence electrons. The molecule has 0 saturated carbocycles. The Morgan fingerprint density at radius 1 is 1.32 bits per heavy atom. The van der Waals surface area contributed by atoms with Crippen LogP contribution in [0.25, 0.3) is 5.13 Å². The van der Waals surface area contributed by atoms with Crippen molar-refractivity contribution in [1.29, 1.82) is 10.5 Å². The zero-order valence-corrected chi connectivity index (χ0v) is 16.5. The maximum absolute atomic E-state index is 12.7. The van der Waals surface area contributed by atoms with E-state index in [9.17, 15) is 18.0 Å². The van der Waals surface area contributed by atoms with Crippen LogP contribution in [0.5, 0.6) is 5.75 Å². The Labute approximate surface area is 177 Å². The second-order valence-corrected chi connectivity index (χ2v) is 7.10. The van der Waals surface area contributed by atoms with Gasteiger partial charge in [0.25, 0.3) is 5.91 Å². The number of rotatable bonds is 6. The summed E-state index contributed by atoms with van der Waals surface area (Å²) in [6.07, 6.45) is -2.53. The number of hydrogen-bond donors (Lipinski definition) is 1. The van der Waals surface area contributed by atoms with Crippen molar-refractivity contribution in [3.05, 3.63) is 52.6 Å². The smallest absolute Gasteiger partial charge is 0.406 e. The zero-order chi connectivity index (χ0) is 22.6. The van der Waals surface area contributed by atoms with Gasteiger partial charge in [0, 0.05) is 5.56 Å². The number of halogens is 3. The van der Waals surface area contributed by atoms with Crippen LogP contribution in [0, 0.1) is 22.7 Å². The number of carbonyl (C=O) groups excluding carboxylic acids is 1. The van der Waals surface area contributed by atoms with Crippen molar-refractivity contribution >= 4 is 17.2 Å². The van der Waals surface area contributed by atoms with Gasteiger partial charge >= 0.3 is 6.36 Å². The molecular formula is C18H12F3N7O2S. The summed E-state index contributed by atoms with van der Waals surface area (Å²) in [5.41, 5.74) is 0.0722. The third-order valence-corrected chi connectivity index (χ3v) is 4.72. The molecule has 2 heterocycles. The fraction of sp³-hybridized carbons (Fsp3) is 0.222. The summed E-state index contributed by atoms with van der Waals surface area (Å²) in [5.74, 6) is -1.01. The van der Waals surface area contributed by atoms with E-state index < -0.39 is 24.1 Å². The molecule has 0 radical (unpaired) electrons. The Kier molecular flexibility index (Phi) is 6.17. The highest BCUT2D eigenvalue weighted by Gasteiger charge is 2.31. The van der Waals surface area contributed by atoms with Crippen LogP contribution in [0.15, 0.2) is 30.7 Å². The Balaban J connectivity index is 1.84. The minimum Gasteiger partial charge on any atom is -0.406 e. The maximum atomic E-state index is 12.7. The van der Waals surface area contributed by atoms with Crippen molar-refractivity contribution in [1.82, 2.24) is 25.1 Å². The molecule has 0 aliphatic rings. The molecule has 13 heteroatoms. The summed E-state index contributed by atoms with van der Waals surface area (Å²) < 4.78 is 43.0. The lowest BCUT2D eigenvalue weighted by Gasteiger charge is -2.15. The van der Waals surface area contributed by atoms with Crippen molar-refractivity contribution < 1.29 is 22.7 Å². The number of amides is 1. The number of nitrogens with zero attached hydrogens (tertiary/aromatic N) is 6. The Morgan fingerprint density at radius 3 is 2.74 bits per heavy atom. The van der Waals surface area contributed by atoms with E-state index in [0.29, 0.717) is 15.8 Å². The predicted octanol–water partition coefficient (Wildman–Crippen LogP) is 3.05. The number of ether oxygens (including phenoxy) is 1. The number of nitriles is 2. The van der Waals surface area contributed by atoms with Gasteiger partial charge < -0.3 is 10.1 Å². The van der Waals surface area contributed by atoms with Gasteiger partial charge in [0.1, 0.15) is 23.0 Å². The van der Waals surface area contributed by atoms with Gasteiger partial charge in [0.2, 0.25) is 5.13 Å². The van der Waals surface area contributed by atoms with Crippen molar-refractivity contribution in [3.63, 3.8) is 0 Å². The van der Waals surface area contributed by atoms with E-state index in [2.05, 4.69) is 25.1 Å². The van der Waals surface area contributed by atoms with Crippen molar-refractivity contribution in [3.8, 4) is 23.0 Å². The summed E-state index contributed by atoms with van der Waals surface area (Å²) in [6.45, 7) is 1.60. The molecule has 1 atom stereocenters. The average Bonchev–Trinajstić information content (AvgIpc) is 3.35. The number of hydrogen-bond acceptors (Lipinski definition) is 8. The first-order valence-electron chi connectivity index (χ1n) is 8.54. The molecule has 0 unspecified atom stereocenters. The van der Waals surface area contributed by atoms with Crippen LogP contribution in [0.1, 0.15) is 39.6 Å². The number of aromatic nitrogens is 4. The summed E-state index contributed by atoms with van der Waals surface area (Å²) in [4.78, 5) is 21.2. The number of alkyl halides is 3. The van der Waals surface area contributed by atoms with E-state index in [1.54, 1.807) is 6.92 Å². The summed E-state index contributed by atoms with van der Waals surface area (Å²) >= 11 is 1.07. The van der Waals surface area contributed by atoms with Crippen LogP contribution in [0.2, 0.25) is 0 Å². The van der Waals surface area contributed by atoms with Crippen LogP contribution >= 0.6 is 11.3 Å². The number of benzene rings is 1. The van der Waals surface area contributed by atoms with E-state index in [4.69, 9.17) is 10.5 Å². The highest BCUT2D eigenvalue weighted by molar-refractivity contribution is 7.14. The number of carbonyl (C=O) groups is 1. The van der Waals surface area contributed by atoms with Crippen LogP contribution in [0.3, 0.4) is 0 Å². The molecule has 0 bridgehead atoms. The van der Waals surface area contributed by atoms with Gasteiger partial charge in [-0.1, -0.05) is 11.3 Å². The average molecular weight is 447 g/mol. The second-order valence-electron chi connectivity index (χ2n) is 6.09. The first-order chi connectivity index (χ1) is 14.7. The first-order valence-corrected chi connectivity index (χ1v) is 9.35.